The molecule has 1 aromatic heterocycles. The molecule has 9 heteroatoms. The zero-order valence-corrected chi connectivity index (χ0v) is 16.2. The predicted octanol–water partition coefficient (Wildman–Crippen LogP) is 1.05. The Bertz CT molecular complexity index is 1020. The van der Waals surface area contributed by atoms with E-state index in [9.17, 15) is 14.7 Å². The van der Waals surface area contributed by atoms with E-state index >= 15 is 0 Å². The van der Waals surface area contributed by atoms with Crippen LogP contribution in [0.1, 0.15) is 27.0 Å². The molecule has 0 saturated heterocycles. The second-order valence-electron chi connectivity index (χ2n) is 6.22. The van der Waals surface area contributed by atoms with E-state index in [4.69, 9.17) is 0 Å². The third kappa shape index (κ3) is 4.74. The van der Waals surface area contributed by atoms with Crippen LogP contribution in [-0.2, 0) is 11.3 Å². The molecule has 0 bridgehead atoms. The topological polar surface area (TPSA) is 113 Å². The van der Waals surface area contributed by atoms with E-state index in [2.05, 4.69) is 20.8 Å². The molecule has 1 amide bonds. The van der Waals surface area contributed by atoms with Crippen LogP contribution >= 0.6 is 11.8 Å². The van der Waals surface area contributed by atoms with Crippen molar-refractivity contribution in [3.8, 4) is 5.69 Å². The fourth-order valence-corrected chi connectivity index (χ4v) is 3.37. The molecule has 3 rings (SSSR count). The van der Waals surface area contributed by atoms with Crippen LogP contribution in [0.2, 0.25) is 0 Å². The lowest BCUT2D eigenvalue weighted by molar-refractivity contribution is -0.255. The summed E-state index contributed by atoms with van der Waals surface area (Å²) in [6.07, 6.45) is 0. The predicted molar refractivity (Wildman–Crippen MR) is 102 cm³/mol. The maximum atomic E-state index is 12.2. The van der Waals surface area contributed by atoms with Gasteiger partial charge in [-0.05, 0) is 53.1 Å². The fourth-order valence-electron chi connectivity index (χ4n) is 2.65. The number of thioether (sulfide) groups is 1. The summed E-state index contributed by atoms with van der Waals surface area (Å²) in [5.74, 6) is -1.33. The lowest BCUT2D eigenvalue weighted by Gasteiger charge is -2.09. The van der Waals surface area contributed by atoms with Gasteiger partial charge in [-0.3, -0.25) is 4.79 Å². The number of hydrogen-bond donors (Lipinski definition) is 1. The molecule has 8 nitrogen and oxygen atoms in total. The Morgan fingerprint density at radius 1 is 1.18 bits per heavy atom. The lowest BCUT2D eigenvalue weighted by atomic mass is 10.1. The van der Waals surface area contributed by atoms with Crippen LogP contribution < -0.4 is 10.4 Å². The molecular formula is C19H18N5O3S-. The molecule has 0 fully saturated rings. The van der Waals surface area contributed by atoms with Crippen LogP contribution in [0.15, 0.2) is 47.6 Å². The van der Waals surface area contributed by atoms with Crippen molar-refractivity contribution in [1.29, 1.82) is 0 Å². The number of carboxylic acid groups (broad SMARTS) is 1. The summed E-state index contributed by atoms with van der Waals surface area (Å²) in [4.78, 5) is 23.0. The van der Waals surface area contributed by atoms with Gasteiger partial charge in [0.05, 0.1) is 17.4 Å². The number of carbonyl (C=O) groups is 2. The number of aromatic carboxylic acids is 1. The van der Waals surface area contributed by atoms with E-state index in [1.54, 1.807) is 16.8 Å². The largest absolute Gasteiger partial charge is 0.545 e. The molecule has 28 heavy (non-hydrogen) atoms. The van der Waals surface area contributed by atoms with Crippen molar-refractivity contribution in [2.45, 2.75) is 25.5 Å². The van der Waals surface area contributed by atoms with Gasteiger partial charge in [-0.1, -0.05) is 47.7 Å². The first kappa shape index (κ1) is 19.6. The van der Waals surface area contributed by atoms with Crippen molar-refractivity contribution in [3.63, 3.8) is 0 Å². The van der Waals surface area contributed by atoms with Crippen molar-refractivity contribution in [2.24, 2.45) is 0 Å². The molecule has 0 spiro atoms. The third-order valence-electron chi connectivity index (χ3n) is 4.01. The highest BCUT2D eigenvalue weighted by atomic mass is 32.2. The van der Waals surface area contributed by atoms with Crippen LogP contribution in [0.3, 0.4) is 0 Å². The number of rotatable bonds is 7. The Morgan fingerprint density at radius 2 is 2.00 bits per heavy atom. The van der Waals surface area contributed by atoms with Gasteiger partial charge in [-0.15, -0.1) is 5.10 Å². The Kier molecular flexibility index (Phi) is 6.05. The second kappa shape index (κ2) is 8.66. The van der Waals surface area contributed by atoms with E-state index in [1.807, 2.05) is 32.0 Å². The molecule has 0 unspecified atom stereocenters. The minimum Gasteiger partial charge on any atom is -0.545 e. The molecule has 1 heterocycles. The first-order valence-electron chi connectivity index (χ1n) is 8.50. The van der Waals surface area contributed by atoms with E-state index in [-0.39, 0.29) is 23.8 Å². The number of carboxylic acids is 1. The number of aromatic nitrogens is 4. The highest BCUT2D eigenvalue weighted by Gasteiger charge is 2.13. The summed E-state index contributed by atoms with van der Waals surface area (Å²) in [7, 11) is 0. The number of carbonyl (C=O) groups excluding carboxylic acids is 2. The van der Waals surface area contributed by atoms with Gasteiger partial charge in [-0.25, -0.2) is 0 Å². The smallest absolute Gasteiger partial charge is 0.230 e. The Balaban J connectivity index is 1.59. The normalized spacial score (nSPS) is 10.6. The minimum absolute atomic E-state index is 0.0776. The second-order valence-corrected chi connectivity index (χ2v) is 7.16. The van der Waals surface area contributed by atoms with Gasteiger partial charge in [0.2, 0.25) is 11.1 Å². The number of nitrogens with one attached hydrogen (secondary N) is 1. The van der Waals surface area contributed by atoms with E-state index in [0.717, 1.165) is 16.8 Å². The summed E-state index contributed by atoms with van der Waals surface area (Å²) in [5, 5.41) is 25.9. The summed E-state index contributed by atoms with van der Waals surface area (Å²) in [5.41, 5.74) is 3.79. The maximum absolute atomic E-state index is 12.2. The Hall–Kier alpha value is -3.20. The molecule has 0 aliphatic heterocycles. The van der Waals surface area contributed by atoms with Gasteiger partial charge >= 0.3 is 0 Å². The van der Waals surface area contributed by atoms with Gasteiger partial charge in [0.15, 0.2) is 0 Å². The van der Waals surface area contributed by atoms with Crippen molar-refractivity contribution >= 4 is 23.6 Å². The van der Waals surface area contributed by atoms with Crippen molar-refractivity contribution in [3.05, 3.63) is 64.7 Å². The fraction of sp³-hybridized carbons (Fsp3) is 0.211. The highest BCUT2D eigenvalue weighted by Crippen LogP contribution is 2.21. The average molecular weight is 396 g/mol. The van der Waals surface area contributed by atoms with Crippen LogP contribution in [0.25, 0.3) is 5.69 Å². The number of aryl methyl sites for hydroxylation is 2. The SMILES string of the molecule is Cc1ccc(-n2nnnc2SCC(=O)NCc2cccc(C(=O)[O-])c2)c(C)c1. The van der Waals surface area contributed by atoms with Crippen LogP contribution in [0, 0.1) is 13.8 Å². The van der Waals surface area contributed by atoms with E-state index in [0.29, 0.717) is 10.7 Å². The number of benzene rings is 2. The molecular weight excluding hydrogens is 378 g/mol. The van der Waals surface area contributed by atoms with Crippen molar-refractivity contribution in [2.75, 3.05) is 5.75 Å². The van der Waals surface area contributed by atoms with Crippen molar-refractivity contribution in [1.82, 2.24) is 25.5 Å². The van der Waals surface area contributed by atoms with E-state index < -0.39 is 5.97 Å². The molecule has 0 aliphatic rings. The van der Waals surface area contributed by atoms with Crippen molar-refractivity contribution < 1.29 is 14.7 Å². The third-order valence-corrected chi connectivity index (χ3v) is 4.93. The molecule has 3 aromatic rings. The summed E-state index contributed by atoms with van der Waals surface area (Å²) < 4.78 is 1.61. The van der Waals surface area contributed by atoms with Crippen LogP contribution in [0.5, 0.6) is 0 Å². The molecule has 2 aromatic carbocycles. The zero-order chi connectivity index (χ0) is 20.1. The highest BCUT2D eigenvalue weighted by molar-refractivity contribution is 7.99. The van der Waals surface area contributed by atoms with Gasteiger partial charge in [0.1, 0.15) is 0 Å². The first-order chi connectivity index (χ1) is 13.4. The van der Waals surface area contributed by atoms with Gasteiger partial charge in [0, 0.05) is 6.54 Å². The van der Waals surface area contributed by atoms with Gasteiger partial charge < -0.3 is 15.2 Å². The monoisotopic (exact) mass is 396 g/mol. The Labute approximate surface area is 166 Å². The molecule has 0 atom stereocenters. The first-order valence-corrected chi connectivity index (χ1v) is 9.48. The summed E-state index contributed by atoms with van der Waals surface area (Å²) in [6, 6.07) is 12.2. The molecule has 0 aliphatic carbocycles. The summed E-state index contributed by atoms with van der Waals surface area (Å²) >= 11 is 1.22. The van der Waals surface area contributed by atoms with Gasteiger partial charge in [-0.2, -0.15) is 4.68 Å². The number of amides is 1. The lowest BCUT2D eigenvalue weighted by Crippen LogP contribution is -2.25. The van der Waals surface area contributed by atoms with Crippen LogP contribution in [-0.4, -0.2) is 37.8 Å². The summed E-state index contributed by atoms with van der Waals surface area (Å²) in [6.45, 7) is 4.22. The zero-order valence-electron chi connectivity index (χ0n) is 15.4. The van der Waals surface area contributed by atoms with Crippen LogP contribution in [0.4, 0.5) is 0 Å². The molecule has 144 valence electrons. The number of hydrogen-bond acceptors (Lipinski definition) is 7. The molecule has 0 radical (unpaired) electrons. The average Bonchev–Trinajstić information content (AvgIpc) is 3.13. The van der Waals surface area contributed by atoms with Gasteiger partial charge in [0.25, 0.3) is 0 Å². The number of tetrazole rings is 1. The standard InChI is InChI=1S/C19H19N5O3S/c1-12-6-7-16(13(2)8-12)24-19(21-22-23-24)28-11-17(25)20-10-14-4-3-5-15(9-14)18(26)27/h3-9H,10-11H2,1-2H3,(H,20,25)(H,26,27)/p-1. The van der Waals surface area contributed by atoms with E-state index in [1.165, 1.54) is 23.9 Å². The Morgan fingerprint density at radius 3 is 2.75 bits per heavy atom. The maximum Gasteiger partial charge on any atom is 0.230 e. The molecule has 0 saturated carbocycles. The number of nitrogens with zero attached hydrogens (tertiary/aromatic N) is 4. The minimum atomic E-state index is -1.25. The quantitative estimate of drug-likeness (QED) is 0.594. The molecule has 1 N–H and O–H groups in total.